The molecule has 1 aliphatic rings. The smallest absolute Gasteiger partial charge is 0.268 e. The van der Waals surface area contributed by atoms with Gasteiger partial charge in [0.2, 0.25) is 11.8 Å². The van der Waals surface area contributed by atoms with Crippen molar-refractivity contribution in [2.24, 2.45) is 10.5 Å². The first-order valence-electron chi connectivity index (χ1n) is 12.4. The molecular formula is C29H26Cl4N4O3S. The molecule has 4 rings (SSSR count). The zero-order chi connectivity index (χ0) is 30.2. The highest BCUT2D eigenvalue weighted by Crippen LogP contribution is 2.43. The van der Waals surface area contributed by atoms with Gasteiger partial charge in [-0.1, -0.05) is 85.4 Å². The van der Waals surface area contributed by atoms with Crippen LogP contribution in [0.15, 0.2) is 64.6 Å². The standard InChI is InChI=1S/C29H26Cl4N4O3S/c1-15-10-11-18(31)22(12-15)36(16(2)38)26-25(27(39)37(35-26)24-19(32)13-17(30)14-20(24)33)41-23-9-7-6-8-21(23)34-28(40)29(3,4)5/h6-14,25H,1-5H3,(H,34,40). The molecule has 0 saturated heterocycles. The van der Waals surface area contributed by atoms with Crippen molar-refractivity contribution in [1.29, 1.82) is 0 Å². The van der Waals surface area contributed by atoms with Crippen LogP contribution in [-0.4, -0.2) is 28.8 Å². The second-order valence-corrected chi connectivity index (χ2v) is 13.1. The number of amidine groups is 1. The molecule has 1 unspecified atom stereocenters. The van der Waals surface area contributed by atoms with Gasteiger partial charge in [0.05, 0.1) is 26.4 Å². The number of hydrogen-bond acceptors (Lipinski definition) is 5. The Kier molecular flexibility index (Phi) is 9.31. The monoisotopic (exact) mass is 650 g/mol. The van der Waals surface area contributed by atoms with Crippen molar-refractivity contribution in [3.05, 3.63) is 80.3 Å². The first kappa shape index (κ1) is 31.2. The number of anilines is 3. The lowest BCUT2D eigenvalue weighted by Gasteiger charge is -2.25. The number of nitrogens with one attached hydrogen (secondary N) is 1. The molecule has 214 valence electrons. The molecule has 1 heterocycles. The zero-order valence-corrected chi connectivity index (χ0v) is 26.6. The molecule has 0 saturated carbocycles. The minimum Gasteiger partial charge on any atom is -0.325 e. The Bertz CT molecular complexity index is 1570. The molecule has 3 aromatic rings. The summed E-state index contributed by atoms with van der Waals surface area (Å²) in [5.74, 6) is -1.03. The van der Waals surface area contributed by atoms with Crippen LogP contribution in [0.5, 0.6) is 0 Å². The highest BCUT2D eigenvalue weighted by molar-refractivity contribution is 8.01. The molecule has 0 spiro atoms. The SMILES string of the molecule is CC(=O)N(C1=NN(c2c(Cl)cc(Cl)cc2Cl)C(=O)C1Sc1ccccc1NC(=O)C(C)(C)C)c1cc(C)ccc1Cl. The lowest BCUT2D eigenvalue weighted by Crippen LogP contribution is -2.42. The van der Waals surface area contributed by atoms with Crippen molar-refractivity contribution in [2.75, 3.05) is 15.2 Å². The lowest BCUT2D eigenvalue weighted by atomic mass is 9.95. The predicted octanol–water partition coefficient (Wildman–Crippen LogP) is 8.47. The van der Waals surface area contributed by atoms with E-state index < -0.39 is 22.5 Å². The highest BCUT2D eigenvalue weighted by Gasteiger charge is 2.44. The number of hydrogen-bond donors (Lipinski definition) is 1. The fraction of sp³-hybridized carbons (Fsp3) is 0.241. The minimum atomic E-state index is -1.05. The van der Waals surface area contributed by atoms with Crippen molar-refractivity contribution >= 4 is 98.8 Å². The third-order valence-electron chi connectivity index (χ3n) is 6.01. The molecule has 3 amide bonds. The summed E-state index contributed by atoms with van der Waals surface area (Å²) in [5, 5.41) is 8.34. The summed E-state index contributed by atoms with van der Waals surface area (Å²) in [4.78, 5) is 42.0. The van der Waals surface area contributed by atoms with Crippen LogP contribution in [0.1, 0.15) is 33.3 Å². The lowest BCUT2D eigenvalue weighted by molar-refractivity contribution is -0.123. The van der Waals surface area contributed by atoms with Gasteiger partial charge in [-0.3, -0.25) is 19.3 Å². The van der Waals surface area contributed by atoms with E-state index in [0.717, 1.165) is 22.3 Å². The molecule has 0 bridgehead atoms. The molecule has 3 aromatic carbocycles. The van der Waals surface area contributed by atoms with Gasteiger partial charge in [0.15, 0.2) is 11.1 Å². The molecule has 7 nitrogen and oxygen atoms in total. The number of amides is 3. The van der Waals surface area contributed by atoms with Crippen molar-refractivity contribution in [3.8, 4) is 0 Å². The number of aryl methyl sites for hydroxylation is 1. The molecule has 12 heteroatoms. The fourth-order valence-corrected chi connectivity index (χ4v) is 6.24. The van der Waals surface area contributed by atoms with Gasteiger partial charge >= 0.3 is 0 Å². The van der Waals surface area contributed by atoms with Crippen molar-refractivity contribution in [3.63, 3.8) is 0 Å². The molecule has 0 fully saturated rings. The maximum absolute atomic E-state index is 14.1. The average molecular weight is 652 g/mol. The zero-order valence-electron chi connectivity index (χ0n) is 22.8. The molecule has 0 aromatic heterocycles. The van der Waals surface area contributed by atoms with Crippen LogP contribution in [0.25, 0.3) is 0 Å². The van der Waals surface area contributed by atoms with E-state index in [9.17, 15) is 14.4 Å². The van der Waals surface area contributed by atoms with Crippen LogP contribution < -0.4 is 15.2 Å². The second kappa shape index (κ2) is 12.2. The predicted molar refractivity (Wildman–Crippen MR) is 170 cm³/mol. The molecule has 41 heavy (non-hydrogen) atoms. The van der Waals surface area contributed by atoms with E-state index in [1.54, 1.807) is 57.2 Å². The maximum Gasteiger partial charge on any atom is 0.268 e. The van der Waals surface area contributed by atoms with Crippen LogP contribution in [-0.2, 0) is 14.4 Å². The Morgan fingerprint density at radius 2 is 1.61 bits per heavy atom. The van der Waals surface area contributed by atoms with E-state index in [4.69, 9.17) is 46.4 Å². The van der Waals surface area contributed by atoms with Gasteiger partial charge in [-0.05, 0) is 48.9 Å². The van der Waals surface area contributed by atoms with Gasteiger partial charge in [-0.25, -0.2) is 0 Å². The van der Waals surface area contributed by atoms with Gasteiger partial charge in [-0.15, -0.1) is 16.9 Å². The number of para-hydroxylation sites is 1. The van der Waals surface area contributed by atoms with Gasteiger partial charge in [-0.2, -0.15) is 5.01 Å². The summed E-state index contributed by atoms with van der Waals surface area (Å²) in [5.41, 5.74) is 1.19. The Hall–Kier alpha value is -2.75. The molecular weight excluding hydrogens is 626 g/mol. The number of thioether (sulfide) groups is 1. The third-order valence-corrected chi connectivity index (χ3v) is 8.38. The number of nitrogens with zero attached hydrogens (tertiary/aromatic N) is 3. The van der Waals surface area contributed by atoms with Gasteiger partial charge in [0.25, 0.3) is 5.91 Å². The van der Waals surface area contributed by atoms with Crippen LogP contribution in [0.4, 0.5) is 17.1 Å². The summed E-state index contributed by atoms with van der Waals surface area (Å²) in [6.07, 6.45) is 0. The molecule has 0 aliphatic carbocycles. The van der Waals surface area contributed by atoms with Crippen molar-refractivity contribution in [2.45, 2.75) is 44.8 Å². The minimum absolute atomic E-state index is 0.0963. The third kappa shape index (κ3) is 6.68. The second-order valence-electron chi connectivity index (χ2n) is 10.3. The Labute approximate surface area is 262 Å². The Morgan fingerprint density at radius 3 is 2.22 bits per heavy atom. The quantitative estimate of drug-likeness (QED) is 0.300. The molecule has 1 N–H and O–H groups in total. The molecule has 1 aliphatic heterocycles. The van der Waals surface area contributed by atoms with Gasteiger partial charge < -0.3 is 5.32 Å². The van der Waals surface area contributed by atoms with E-state index in [1.807, 2.05) is 13.0 Å². The van der Waals surface area contributed by atoms with Crippen LogP contribution in [0.2, 0.25) is 20.1 Å². The number of carbonyl (C=O) groups is 3. The number of benzene rings is 3. The fourth-order valence-electron chi connectivity index (χ4n) is 3.95. The Morgan fingerprint density at radius 1 is 0.976 bits per heavy atom. The normalized spacial score (nSPS) is 15.1. The van der Waals surface area contributed by atoms with Crippen LogP contribution in [0, 0.1) is 12.3 Å². The molecule has 0 radical (unpaired) electrons. The number of hydrazone groups is 1. The summed E-state index contributed by atoms with van der Waals surface area (Å²) in [6.45, 7) is 8.63. The maximum atomic E-state index is 14.1. The van der Waals surface area contributed by atoms with Crippen LogP contribution >= 0.6 is 58.2 Å². The Balaban J connectivity index is 1.87. The average Bonchev–Trinajstić information content (AvgIpc) is 3.16. The summed E-state index contributed by atoms with van der Waals surface area (Å²) in [7, 11) is 0. The highest BCUT2D eigenvalue weighted by atomic mass is 35.5. The topological polar surface area (TPSA) is 82.1 Å². The van der Waals surface area contributed by atoms with Gasteiger partial charge in [0.1, 0.15) is 5.69 Å². The summed E-state index contributed by atoms with van der Waals surface area (Å²) < 4.78 is 0. The van der Waals surface area contributed by atoms with Crippen LogP contribution in [0.3, 0.4) is 0 Å². The summed E-state index contributed by atoms with van der Waals surface area (Å²) in [6, 6.07) is 15.2. The van der Waals surface area contributed by atoms with Gasteiger partial charge in [0, 0.05) is 22.3 Å². The van der Waals surface area contributed by atoms with E-state index in [0.29, 0.717) is 21.3 Å². The number of halogens is 4. The number of rotatable bonds is 5. The van der Waals surface area contributed by atoms with Crippen molar-refractivity contribution in [1.82, 2.24) is 0 Å². The summed E-state index contributed by atoms with van der Waals surface area (Å²) >= 11 is 26.7. The first-order valence-corrected chi connectivity index (χ1v) is 14.8. The number of carbonyl (C=O) groups excluding carboxylic acids is 3. The van der Waals surface area contributed by atoms with E-state index in [2.05, 4.69) is 10.4 Å². The van der Waals surface area contributed by atoms with E-state index in [1.165, 1.54) is 24.0 Å². The van der Waals surface area contributed by atoms with E-state index in [-0.39, 0.29) is 32.5 Å². The van der Waals surface area contributed by atoms with Crippen molar-refractivity contribution < 1.29 is 14.4 Å². The van der Waals surface area contributed by atoms with E-state index >= 15 is 0 Å². The molecule has 1 atom stereocenters. The largest absolute Gasteiger partial charge is 0.325 e. The first-order chi connectivity index (χ1) is 19.2.